The molecule has 1 aromatic heterocycles. The fourth-order valence-electron chi connectivity index (χ4n) is 3.43. The number of aromatic hydroxyl groups is 1. The average Bonchev–Trinajstić information content (AvgIpc) is 2.79. The summed E-state index contributed by atoms with van der Waals surface area (Å²) >= 11 is 0. The zero-order valence-corrected chi connectivity index (χ0v) is 18.5. The Morgan fingerprint density at radius 1 is 1.09 bits per heavy atom. The van der Waals surface area contributed by atoms with Gasteiger partial charge in [-0.3, -0.25) is 14.2 Å². The molecule has 0 bridgehead atoms. The number of nitrogens with zero attached hydrogens (tertiary/aromatic N) is 2. The van der Waals surface area contributed by atoms with Crippen LogP contribution in [0.2, 0.25) is 0 Å². The highest BCUT2D eigenvalue weighted by Gasteiger charge is 2.25. The maximum Gasteiger partial charge on any atom is 0.271 e. The standard InChI is InChI=1S/C26H26N2O4/c1-4-5-14-32-21-12-10-20(11-13-21)24(29)23-18(3)22(15-27)25(30)28(26(23)31)16-19-8-6-17(2)7-9-19/h6-13,31H,4-5,14,16H2,1-3H3. The number of nitriles is 1. The third-order valence-corrected chi connectivity index (χ3v) is 5.37. The number of ether oxygens (including phenoxy) is 1. The topological polar surface area (TPSA) is 92.3 Å². The molecular weight excluding hydrogens is 404 g/mol. The molecule has 0 fully saturated rings. The molecule has 32 heavy (non-hydrogen) atoms. The van der Waals surface area contributed by atoms with E-state index < -0.39 is 17.2 Å². The second-order valence-electron chi connectivity index (χ2n) is 7.74. The maximum absolute atomic E-state index is 13.3. The van der Waals surface area contributed by atoms with Gasteiger partial charge in [0, 0.05) is 5.56 Å². The molecule has 164 valence electrons. The zero-order valence-electron chi connectivity index (χ0n) is 18.5. The molecule has 3 aromatic rings. The van der Waals surface area contributed by atoms with Gasteiger partial charge in [0.15, 0.2) is 5.78 Å². The number of hydrogen-bond acceptors (Lipinski definition) is 5. The Balaban J connectivity index is 2.02. The Morgan fingerprint density at radius 3 is 2.34 bits per heavy atom. The van der Waals surface area contributed by atoms with Crippen LogP contribution in [0.25, 0.3) is 0 Å². The Bertz CT molecular complexity index is 1220. The van der Waals surface area contributed by atoms with Crippen LogP contribution >= 0.6 is 0 Å². The molecule has 0 amide bonds. The third kappa shape index (κ3) is 4.73. The minimum Gasteiger partial charge on any atom is -0.494 e. The van der Waals surface area contributed by atoms with Gasteiger partial charge in [-0.15, -0.1) is 0 Å². The van der Waals surface area contributed by atoms with Crippen LogP contribution in [0.3, 0.4) is 0 Å². The second kappa shape index (κ2) is 9.97. The fourth-order valence-corrected chi connectivity index (χ4v) is 3.43. The van der Waals surface area contributed by atoms with Gasteiger partial charge in [-0.2, -0.15) is 5.26 Å². The van der Waals surface area contributed by atoms with Crippen LogP contribution in [0.5, 0.6) is 11.6 Å². The van der Waals surface area contributed by atoms with Crippen molar-refractivity contribution in [2.24, 2.45) is 0 Å². The van der Waals surface area contributed by atoms with Crippen LogP contribution in [0, 0.1) is 25.2 Å². The van der Waals surface area contributed by atoms with Gasteiger partial charge in [-0.05, 0) is 55.7 Å². The van der Waals surface area contributed by atoms with Gasteiger partial charge in [0.25, 0.3) is 5.56 Å². The van der Waals surface area contributed by atoms with Crippen LogP contribution in [0.15, 0.2) is 53.3 Å². The monoisotopic (exact) mass is 430 g/mol. The zero-order chi connectivity index (χ0) is 23.3. The molecule has 1 heterocycles. The summed E-state index contributed by atoms with van der Waals surface area (Å²) in [6.07, 6.45) is 1.96. The smallest absolute Gasteiger partial charge is 0.271 e. The van der Waals surface area contributed by atoms with Crippen molar-refractivity contribution in [3.8, 4) is 17.7 Å². The summed E-state index contributed by atoms with van der Waals surface area (Å²) in [7, 11) is 0. The SMILES string of the molecule is CCCCOc1ccc(C(=O)c2c(C)c(C#N)c(=O)n(Cc3ccc(C)cc3)c2O)cc1. The lowest BCUT2D eigenvalue weighted by molar-refractivity contribution is 0.103. The summed E-state index contributed by atoms with van der Waals surface area (Å²) in [5.74, 6) is -0.257. The summed E-state index contributed by atoms with van der Waals surface area (Å²) in [5.41, 5.74) is 1.50. The van der Waals surface area contributed by atoms with Crippen molar-refractivity contribution >= 4 is 5.78 Å². The molecule has 0 aliphatic carbocycles. The summed E-state index contributed by atoms with van der Waals surface area (Å²) in [6.45, 7) is 6.17. The highest BCUT2D eigenvalue weighted by atomic mass is 16.5. The predicted octanol–water partition coefficient (Wildman–Crippen LogP) is 4.50. The van der Waals surface area contributed by atoms with E-state index in [9.17, 15) is 20.0 Å². The van der Waals surface area contributed by atoms with E-state index in [4.69, 9.17) is 4.74 Å². The lowest BCUT2D eigenvalue weighted by Gasteiger charge is -2.16. The molecule has 0 atom stereocenters. The van der Waals surface area contributed by atoms with Crippen molar-refractivity contribution in [3.63, 3.8) is 0 Å². The summed E-state index contributed by atoms with van der Waals surface area (Å²) in [5, 5.41) is 20.5. The van der Waals surface area contributed by atoms with Gasteiger partial charge in [-0.25, -0.2) is 0 Å². The third-order valence-electron chi connectivity index (χ3n) is 5.37. The second-order valence-corrected chi connectivity index (χ2v) is 7.74. The minimum atomic E-state index is -0.626. The Labute approximate surface area is 187 Å². The van der Waals surface area contributed by atoms with E-state index in [1.165, 1.54) is 6.92 Å². The van der Waals surface area contributed by atoms with Crippen LogP contribution in [0.1, 0.15) is 57.9 Å². The molecule has 0 saturated heterocycles. The van der Waals surface area contributed by atoms with Gasteiger partial charge in [0.2, 0.25) is 5.88 Å². The molecule has 1 N–H and O–H groups in total. The Hall–Kier alpha value is -3.85. The Morgan fingerprint density at radius 2 is 1.75 bits per heavy atom. The first kappa shape index (κ1) is 22.8. The molecule has 3 rings (SSSR count). The van der Waals surface area contributed by atoms with Gasteiger partial charge in [0.1, 0.15) is 17.4 Å². The molecule has 0 radical (unpaired) electrons. The van der Waals surface area contributed by atoms with Crippen molar-refractivity contribution in [1.82, 2.24) is 4.57 Å². The summed E-state index contributed by atoms with van der Waals surface area (Å²) < 4.78 is 6.71. The molecule has 0 spiro atoms. The average molecular weight is 431 g/mol. The number of aryl methyl sites for hydroxylation is 1. The van der Waals surface area contributed by atoms with E-state index in [1.807, 2.05) is 37.3 Å². The van der Waals surface area contributed by atoms with Gasteiger partial charge < -0.3 is 9.84 Å². The first-order valence-corrected chi connectivity index (χ1v) is 10.6. The van der Waals surface area contributed by atoms with E-state index >= 15 is 0 Å². The van der Waals surface area contributed by atoms with Crippen molar-refractivity contribution in [1.29, 1.82) is 5.26 Å². The number of aromatic nitrogens is 1. The fraction of sp³-hybridized carbons (Fsp3) is 0.269. The first-order chi connectivity index (χ1) is 15.4. The number of rotatable bonds is 8. The molecule has 0 unspecified atom stereocenters. The number of carbonyl (C=O) groups is 1. The molecule has 2 aromatic carbocycles. The molecule has 0 saturated carbocycles. The van der Waals surface area contributed by atoms with Crippen LogP contribution < -0.4 is 10.3 Å². The highest BCUT2D eigenvalue weighted by molar-refractivity contribution is 6.11. The number of carbonyl (C=O) groups excluding carboxylic acids is 1. The molecular formula is C26H26N2O4. The van der Waals surface area contributed by atoms with Crippen molar-refractivity contribution in [2.75, 3.05) is 6.61 Å². The first-order valence-electron chi connectivity index (χ1n) is 10.6. The predicted molar refractivity (Wildman–Crippen MR) is 122 cm³/mol. The molecule has 6 nitrogen and oxygen atoms in total. The number of benzene rings is 2. The molecule has 0 aliphatic heterocycles. The maximum atomic E-state index is 13.3. The summed E-state index contributed by atoms with van der Waals surface area (Å²) in [6, 6.07) is 16.0. The van der Waals surface area contributed by atoms with Gasteiger partial charge >= 0.3 is 0 Å². The minimum absolute atomic E-state index is 0.0460. The van der Waals surface area contributed by atoms with E-state index in [2.05, 4.69) is 6.92 Å². The quantitative estimate of drug-likeness (QED) is 0.420. The van der Waals surface area contributed by atoms with Gasteiger partial charge in [-0.1, -0.05) is 43.2 Å². The van der Waals surface area contributed by atoms with Crippen molar-refractivity contribution in [3.05, 3.63) is 92.3 Å². The molecule has 0 aliphatic rings. The van der Waals surface area contributed by atoms with E-state index in [-0.39, 0.29) is 23.2 Å². The highest BCUT2D eigenvalue weighted by Crippen LogP contribution is 2.26. The largest absolute Gasteiger partial charge is 0.494 e. The summed E-state index contributed by atoms with van der Waals surface area (Å²) in [4.78, 5) is 26.1. The van der Waals surface area contributed by atoms with Crippen molar-refractivity contribution < 1.29 is 14.6 Å². The van der Waals surface area contributed by atoms with Crippen LogP contribution in [-0.4, -0.2) is 22.1 Å². The Kier molecular flexibility index (Phi) is 7.11. The number of ketones is 1. The normalized spacial score (nSPS) is 10.6. The molecule has 6 heteroatoms. The van der Waals surface area contributed by atoms with Crippen molar-refractivity contribution in [2.45, 2.75) is 40.2 Å². The van der Waals surface area contributed by atoms with E-state index in [0.29, 0.717) is 17.9 Å². The lowest BCUT2D eigenvalue weighted by atomic mass is 9.97. The number of unbranched alkanes of at least 4 members (excludes halogenated alkanes) is 1. The van der Waals surface area contributed by atoms with E-state index in [1.54, 1.807) is 24.3 Å². The van der Waals surface area contributed by atoms with E-state index in [0.717, 1.165) is 28.5 Å². The number of pyridine rings is 1. The van der Waals surface area contributed by atoms with Crippen LogP contribution in [0.4, 0.5) is 0 Å². The number of hydrogen-bond donors (Lipinski definition) is 1. The van der Waals surface area contributed by atoms with Crippen LogP contribution in [-0.2, 0) is 6.54 Å². The van der Waals surface area contributed by atoms with Gasteiger partial charge in [0.05, 0.1) is 18.7 Å². The lowest BCUT2D eigenvalue weighted by Crippen LogP contribution is -2.27.